The molecule has 4 nitrogen and oxygen atoms in total. The van der Waals surface area contributed by atoms with E-state index in [0.717, 1.165) is 24.2 Å². The molecule has 9 heteroatoms. The second kappa shape index (κ2) is 9.14. The molecule has 1 atom stereocenters. The summed E-state index contributed by atoms with van der Waals surface area (Å²) in [6.45, 7) is 2.11. The van der Waals surface area contributed by atoms with E-state index in [1.165, 1.54) is 0 Å². The standard InChI is InChI=1S/C18H20F5NO3/c1-2-3-4-5-9-27-18(26)10-7-6-8-24(10)17(25)11-12(19)14(21)16(23)15(22)13(11)20/h10H,2-9H2,1H3. The highest BCUT2D eigenvalue weighted by atomic mass is 19.2. The average Bonchev–Trinajstić information content (AvgIpc) is 3.14. The van der Waals surface area contributed by atoms with E-state index in [1.54, 1.807) is 0 Å². The summed E-state index contributed by atoms with van der Waals surface area (Å²) in [7, 11) is 0. The zero-order chi connectivity index (χ0) is 20.1. The van der Waals surface area contributed by atoms with Crippen LogP contribution in [0.15, 0.2) is 0 Å². The Balaban J connectivity index is 2.15. The van der Waals surface area contributed by atoms with Crippen molar-refractivity contribution in [3.63, 3.8) is 0 Å². The first kappa shape index (κ1) is 21.1. The predicted molar refractivity (Wildman–Crippen MR) is 85.4 cm³/mol. The number of amides is 1. The van der Waals surface area contributed by atoms with Gasteiger partial charge in [0.05, 0.1) is 6.61 Å². The van der Waals surface area contributed by atoms with Crippen molar-refractivity contribution in [3.05, 3.63) is 34.6 Å². The molecule has 0 bridgehead atoms. The lowest BCUT2D eigenvalue weighted by molar-refractivity contribution is -0.148. The molecule has 1 unspecified atom stereocenters. The zero-order valence-electron chi connectivity index (χ0n) is 14.8. The monoisotopic (exact) mass is 393 g/mol. The van der Waals surface area contributed by atoms with Gasteiger partial charge in [-0.1, -0.05) is 26.2 Å². The molecule has 150 valence electrons. The molecule has 0 spiro atoms. The van der Waals surface area contributed by atoms with Crippen molar-refractivity contribution in [2.45, 2.75) is 51.5 Å². The van der Waals surface area contributed by atoms with Crippen molar-refractivity contribution in [2.75, 3.05) is 13.2 Å². The van der Waals surface area contributed by atoms with Gasteiger partial charge in [-0.3, -0.25) is 4.79 Å². The Labute approximate surface area is 153 Å². The molecule has 27 heavy (non-hydrogen) atoms. The summed E-state index contributed by atoms with van der Waals surface area (Å²) in [6.07, 6.45) is 4.01. The molecular formula is C18H20F5NO3. The van der Waals surface area contributed by atoms with Crippen LogP contribution in [0.1, 0.15) is 55.8 Å². The van der Waals surface area contributed by atoms with Gasteiger partial charge in [-0.15, -0.1) is 0 Å². The lowest BCUT2D eigenvalue weighted by Gasteiger charge is -2.24. The first-order valence-electron chi connectivity index (χ1n) is 8.80. The first-order chi connectivity index (χ1) is 12.8. The van der Waals surface area contributed by atoms with E-state index >= 15 is 0 Å². The van der Waals surface area contributed by atoms with Gasteiger partial charge in [-0.25, -0.2) is 26.7 Å². The number of esters is 1. The maximum atomic E-state index is 13.9. The van der Waals surface area contributed by atoms with Crippen molar-refractivity contribution < 1.29 is 36.3 Å². The summed E-state index contributed by atoms with van der Waals surface area (Å²) in [6, 6.07) is -1.11. The van der Waals surface area contributed by atoms with Gasteiger partial charge in [0.1, 0.15) is 11.6 Å². The van der Waals surface area contributed by atoms with Crippen molar-refractivity contribution in [3.8, 4) is 0 Å². The molecule has 1 fully saturated rings. The quantitative estimate of drug-likeness (QED) is 0.230. The largest absolute Gasteiger partial charge is 0.464 e. The van der Waals surface area contributed by atoms with Crippen LogP contribution in [0.4, 0.5) is 22.0 Å². The number of rotatable bonds is 7. The number of unbranched alkanes of at least 4 members (excludes halogenated alkanes) is 3. The molecule has 0 saturated carbocycles. The topological polar surface area (TPSA) is 46.6 Å². The summed E-state index contributed by atoms with van der Waals surface area (Å²) in [4.78, 5) is 25.4. The van der Waals surface area contributed by atoms with Crippen LogP contribution in [0.25, 0.3) is 0 Å². The molecule has 1 aromatic rings. The minimum Gasteiger partial charge on any atom is -0.464 e. The molecule has 1 heterocycles. The van der Waals surface area contributed by atoms with Gasteiger partial charge >= 0.3 is 5.97 Å². The molecule has 1 aromatic carbocycles. The Morgan fingerprint density at radius 2 is 1.56 bits per heavy atom. The number of carbonyl (C=O) groups is 2. The number of hydrogen-bond donors (Lipinski definition) is 0. The fourth-order valence-corrected chi connectivity index (χ4v) is 2.99. The summed E-state index contributed by atoms with van der Waals surface area (Å²) >= 11 is 0. The summed E-state index contributed by atoms with van der Waals surface area (Å²) in [5.74, 6) is -13.3. The highest BCUT2D eigenvalue weighted by Crippen LogP contribution is 2.27. The van der Waals surface area contributed by atoms with E-state index in [-0.39, 0.29) is 19.6 Å². The van der Waals surface area contributed by atoms with Crippen LogP contribution >= 0.6 is 0 Å². The summed E-state index contributed by atoms with van der Waals surface area (Å²) < 4.78 is 72.7. The van der Waals surface area contributed by atoms with E-state index in [2.05, 4.69) is 0 Å². The highest BCUT2D eigenvalue weighted by Gasteiger charge is 2.39. The molecule has 1 aliphatic rings. The van der Waals surface area contributed by atoms with Crippen LogP contribution in [0.5, 0.6) is 0 Å². The third kappa shape index (κ3) is 4.39. The fraction of sp³-hybridized carbons (Fsp3) is 0.556. The van der Waals surface area contributed by atoms with Gasteiger partial charge in [0, 0.05) is 6.54 Å². The number of benzene rings is 1. The van der Waals surface area contributed by atoms with Crippen LogP contribution < -0.4 is 0 Å². The van der Waals surface area contributed by atoms with E-state index in [0.29, 0.717) is 12.8 Å². The lowest BCUT2D eigenvalue weighted by Crippen LogP contribution is -2.42. The minimum absolute atomic E-state index is 0.0477. The molecule has 0 aliphatic carbocycles. The molecule has 1 aliphatic heterocycles. The normalized spacial score (nSPS) is 16.7. The fourth-order valence-electron chi connectivity index (χ4n) is 2.99. The molecular weight excluding hydrogens is 373 g/mol. The van der Waals surface area contributed by atoms with Crippen molar-refractivity contribution >= 4 is 11.9 Å². The predicted octanol–water partition coefficient (Wildman–Crippen LogP) is 4.11. The molecule has 0 radical (unpaired) electrons. The number of likely N-dealkylation sites (tertiary alicyclic amines) is 1. The van der Waals surface area contributed by atoms with E-state index in [9.17, 15) is 31.5 Å². The van der Waals surface area contributed by atoms with Gasteiger partial charge < -0.3 is 9.64 Å². The van der Waals surface area contributed by atoms with Gasteiger partial charge in [0.15, 0.2) is 23.3 Å². The Kier molecular flexibility index (Phi) is 7.15. The second-order valence-electron chi connectivity index (χ2n) is 6.33. The number of carbonyl (C=O) groups excluding carboxylic acids is 2. The molecule has 2 rings (SSSR count). The Morgan fingerprint density at radius 1 is 0.963 bits per heavy atom. The van der Waals surface area contributed by atoms with Gasteiger partial charge in [-0.2, -0.15) is 0 Å². The Bertz CT molecular complexity index is 696. The van der Waals surface area contributed by atoms with Crippen molar-refractivity contribution in [2.24, 2.45) is 0 Å². The maximum Gasteiger partial charge on any atom is 0.328 e. The SMILES string of the molecule is CCCCCCOC(=O)C1CCCN1C(=O)c1c(F)c(F)c(F)c(F)c1F. The lowest BCUT2D eigenvalue weighted by atomic mass is 10.1. The summed E-state index contributed by atoms with van der Waals surface area (Å²) in [5.41, 5.74) is -1.56. The number of hydrogen-bond acceptors (Lipinski definition) is 3. The number of nitrogens with zero attached hydrogens (tertiary/aromatic N) is 1. The van der Waals surface area contributed by atoms with Crippen LogP contribution in [0.2, 0.25) is 0 Å². The minimum atomic E-state index is -2.34. The average molecular weight is 393 g/mol. The van der Waals surface area contributed by atoms with E-state index in [1.807, 2.05) is 6.92 Å². The van der Waals surface area contributed by atoms with Gasteiger partial charge in [0.25, 0.3) is 5.91 Å². The van der Waals surface area contributed by atoms with Crippen LogP contribution in [-0.2, 0) is 9.53 Å². The Hall–Kier alpha value is -2.19. The van der Waals surface area contributed by atoms with E-state index < -0.39 is 52.6 Å². The second-order valence-corrected chi connectivity index (χ2v) is 6.33. The Morgan fingerprint density at radius 3 is 2.15 bits per heavy atom. The van der Waals surface area contributed by atoms with E-state index in [4.69, 9.17) is 4.74 Å². The number of halogens is 5. The maximum absolute atomic E-state index is 13.9. The van der Waals surface area contributed by atoms with Crippen LogP contribution in [0, 0.1) is 29.1 Å². The first-order valence-corrected chi connectivity index (χ1v) is 8.80. The highest BCUT2D eigenvalue weighted by molar-refractivity contribution is 5.97. The molecule has 0 N–H and O–H groups in total. The summed E-state index contributed by atoms with van der Waals surface area (Å²) in [5, 5.41) is 0. The smallest absolute Gasteiger partial charge is 0.328 e. The molecule has 0 aromatic heterocycles. The molecule has 1 saturated heterocycles. The molecule has 1 amide bonds. The van der Waals surface area contributed by atoms with Crippen LogP contribution in [-0.4, -0.2) is 36.0 Å². The van der Waals surface area contributed by atoms with Gasteiger partial charge in [0.2, 0.25) is 5.82 Å². The van der Waals surface area contributed by atoms with Crippen LogP contribution in [0.3, 0.4) is 0 Å². The zero-order valence-corrected chi connectivity index (χ0v) is 14.8. The third-order valence-electron chi connectivity index (χ3n) is 4.45. The number of ether oxygens (including phenoxy) is 1. The van der Waals surface area contributed by atoms with Crippen molar-refractivity contribution in [1.82, 2.24) is 4.90 Å². The van der Waals surface area contributed by atoms with Gasteiger partial charge in [-0.05, 0) is 19.3 Å². The van der Waals surface area contributed by atoms with Crippen molar-refractivity contribution in [1.29, 1.82) is 0 Å². The third-order valence-corrected chi connectivity index (χ3v) is 4.45.